The molecule has 0 aliphatic rings. The molecule has 0 atom stereocenters. The first-order valence-corrected chi connectivity index (χ1v) is 6.90. The SMILES string of the molecule is CCCc1nc(-c2nccs2)nc(N)c1I. The molecule has 84 valence electrons. The van der Waals surface area contributed by atoms with E-state index < -0.39 is 0 Å². The number of hydrogen-bond acceptors (Lipinski definition) is 5. The van der Waals surface area contributed by atoms with Crippen LogP contribution in [-0.4, -0.2) is 15.0 Å². The topological polar surface area (TPSA) is 64.7 Å². The third-order valence-electron chi connectivity index (χ3n) is 2.06. The summed E-state index contributed by atoms with van der Waals surface area (Å²) >= 11 is 3.72. The van der Waals surface area contributed by atoms with Crippen LogP contribution in [0, 0.1) is 3.57 Å². The lowest BCUT2D eigenvalue weighted by Crippen LogP contribution is -2.04. The van der Waals surface area contributed by atoms with Crippen LogP contribution in [0.5, 0.6) is 0 Å². The molecule has 2 aromatic rings. The molecule has 6 heteroatoms. The first-order valence-electron chi connectivity index (χ1n) is 4.94. The largest absolute Gasteiger partial charge is 0.383 e. The molecule has 2 heterocycles. The van der Waals surface area contributed by atoms with E-state index in [0.717, 1.165) is 27.1 Å². The maximum Gasteiger partial charge on any atom is 0.190 e. The van der Waals surface area contributed by atoms with E-state index >= 15 is 0 Å². The predicted octanol–water partition coefficient (Wildman–Crippen LogP) is 2.74. The molecule has 0 saturated heterocycles. The van der Waals surface area contributed by atoms with Crippen LogP contribution < -0.4 is 5.73 Å². The highest BCUT2D eigenvalue weighted by Crippen LogP contribution is 2.24. The zero-order chi connectivity index (χ0) is 11.5. The Morgan fingerprint density at radius 2 is 2.25 bits per heavy atom. The van der Waals surface area contributed by atoms with Gasteiger partial charge in [0.2, 0.25) is 0 Å². The monoisotopic (exact) mass is 346 g/mol. The number of aromatic nitrogens is 3. The van der Waals surface area contributed by atoms with Crippen molar-refractivity contribution in [1.82, 2.24) is 15.0 Å². The van der Waals surface area contributed by atoms with Crippen LogP contribution in [0.25, 0.3) is 10.8 Å². The Balaban J connectivity index is 2.48. The Morgan fingerprint density at radius 3 is 2.88 bits per heavy atom. The molecular formula is C10H11IN4S. The Bertz CT molecular complexity index is 484. The summed E-state index contributed by atoms with van der Waals surface area (Å²) < 4.78 is 0.958. The Labute approximate surface area is 111 Å². The van der Waals surface area contributed by atoms with Gasteiger partial charge in [-0.25, -0.2) is 15.0 Å². The average molecular weight is 346 g/mol. The van der Waals surface area contributed by atoms with E-state index in [1.165, 1.54) is 11.3 Å². The van der Waals surface area contributed by atoms with Crippen molar-refractivity contribution in [2.75, 3.05) is 5.73 Å². The van der Waals surface area contributed by atoms with Crippen LogP contribution in [0.2, 0.25) is 0 Å². The van der Waals surface area contributed by atoms with Gasteiger partial charge in [-0.3, -0.25) is 0 Å². The standard InChI is InChI=1S/C10H11IN4S/c1-2-3-6-7(11)8(12)15-9(14-6)10-13-4-5-16-10/h4-5H,2-3H2,1H3,(H2,12,14,15). The second kappa shape index (κ2) is 5.05. The van der Waals surface area contributed by atoms with Crippen molar-refractivity contribution in [3.63, 3.8) is 0 Å². The molecule has 16 heavy (non-hydrogen) atoms. The van der Waals surface area contributed by atoms with Gasteiger partial charge in [-0.1, -0.05) is 13.3 Å². The van der Waals surface area contributed by atoms with Crippen molar-refractivity contribution in [1.29, 1.82) is 0 Å². The fourth-order valence-electron chi connectivity index (χ4n) is 1.34. The second-order valence-electron chi connectivity index (χ2n) is 3.28. The molecule has 0 amide bonds. The van der Waals surface area contributed by atoms with Crippen molar-refractivity contribution in [3.05, 3.63) is 20.8 Å². The molecule has 2 aromatic heterocycles. The van der Waals surface area contributed by atoms with Gasteiger partial charge < -0.3 is 5.73 Å². The number of aryl methyl sites for hydroxylation is 1. The normalized spacial score (nSPS) is 10.6. The van der Waals surface area contributed by atoms with E-state index in [2.05, 4.69) is 44.5 Å². The molecule has 0 aromatic carbocycles. The fraction of sp³-hybridized carbons (Fsp3) is 0.300. The van der Waals surface area contributed by atoms with Crippen LogP contribution in [0.3, 0.4) is 0 Å². The first-order chi connectivity index (χ1) is 7.72. The summed E-state index contributed by atoms with van der Waals surface area (Å²) in [6.45, 7) is 2.12. The van der Waals surface area contributed by atoms with E-state index in [9.17, 15) is 0 Å². The smallest absolute Gasteiger partial charge is 0.190 e. The van der Waals surface area contributed by atoms with Gasteiger partial charge in [0.25, 0.3) is 0 Å². The van der Waals surface area contributed by atoms with Gasteiger partial charge in [-0.15, -0.1) is 11.3 Å². The zero-order valence-corrected chi connectivity index (χ0v) is 11.7. The minimum Gasteiger partial charge on any atom is -0.383 e. The molecule has 0 saturated carbocycles. The maximum atomic E-state index is 5.88. The van der Waals surface area contributed by atoms with Crippen LogP contribution in [0.15, 0.2) is 11.6 Å². The molecule has 0 fully saturated rings. The van der Waals surface area contributed by atoms with Crippen LogP contribution in [0.4, 0.5) is 5.82 Å². The second-order valence-corrected chi connectivity index (χ2v) is 5.25. The van der Waals surface area contributed by atoms with E-state index in [4.69, 9.17) is 5.73 Å². The summed E-state index contributed by atoms with van der Waals surface area (Å²) in [5.74, 6) is 1.18. The van der Waals surface area contributed by atoms with E-state index in [1.807, 2.05) is 5.38 Å². The Hall–Kier alpha value is -0.760. The molecule has 4 nitrogen and oxygen atoms in total. The van der Waals surface area contributed by atoms with E-state index in [-0.39, 0.29) is 0 Å². The minimum atomic E-state index is 0.546. The summed E-state index contributed by atoms with van der Waals surface area (Å²) in [4.78, 5) is 13.0. The van der Waals surface area contributed by atoms with Crippen molar-refractivity contribution in [2.24, 2.45) is 0 Å². The Morgan fingerprint density at radius 1 is 1.44 bits per heavy atom. The molecule has 0 spiro atoms. The number of halogens is 1. The van der Waals surface area contributed by atoms with Gasteiger partial charge in [0.1, 0.15) is 5.82 Å². The summed E-state index contributed by atoms with van der Waals surface area (Å²) in [5, 5.41) is 2.73. The molecule has 2 rings (SSSR count). The number of nitrogens with two attached hydrogens (primary N) is 1. The van der Waals surface area contributed by atoms with Crippen molar-refractivity contribution < 1.29 is 0 Å². The van der Waals surface area contributed by atoms with E-state index in [0.29, 0.717) is 11.6 Å². The molecule has 0 aliphatic heterocycles. The van der Waals surface area contributed by atoms with Gasteiger partial charge in [0, 0.05) is 11.6 Å². The molecule has 2 N–H and O–H groups in total. The van der Waals surface area contributed by atoms with Crippen LogP contribution in [-0.2, 0) is 6.42 Å². The number of anilines is 1. The number of nitrogen functional groups attached to an aromatic ring is 1. The van der Waals surface area contributed by atoms with Gasteiger partial charge in [-0.05, 0) is 29.0 Å². The van der Waals surface area contributed by atoms with Crippen molar-refractivity contribution in [3.8, 4) is 10.8 Å². The van der Waals surface area contributed by atoms with Crippen molar-refractivity contribution in [2.45, 2.75) is 19.8 Å². The molecule has 0 unspecified atom stereocenters. The highest BCUT2D eigenvalue weighted by molar-refractivity contribution is 14.1. The quantitative estimate of drug-likeness (QED) is 0.868. The average Bonchev–Trinajstić information content (AvgIpc) is 2.78. The first kappa shape index (κ1) is 11.7. The predicted molar refractivity (Wildman–Crippen MR) is 74.3 cm³/mol. The summed E-state index contributed by atoms with van der Waals surface area (Å²) in [5.41, 5.74) is 6.89. The van der Waals surface area contributed by atoms with Gasteiger partial charge in [0.15, 0.2) is 10.8 Å². The number of hydrogen-bond donors (Lipinski definition) is 1. The number of rotatable bonds is 3. The molecular weight excluding hydrogens is 335 g/mol. The van der Waals surface area contributed by atoms with Gasteiger partial charge in [-0.2, -0.15) is 0 Å². The summed E-state index contributed by atoms with van der Waals surface area (Å²) in [7, 11) is 0. The van der Waals surface area contributed by atoms with Gasteiger partial charge >= 0.3 is 0 Å². The van der Waals surface area contributed by atoms with Crippen LogP contribution in [0.1, 0.15) is 19.0 Å². The Kier molecular flexibility index (Phi) is 3.70. The maximum absolute atomic E-state index is 5.88. The molecule has 0 radical (unpaired) electrons. The summed E-state index contributed by atoms with van der Waals surface area (Å²) in [6, 6.07) is 0. The van der Waals surface area contributed by atoms with Crippen LogP contribution >= 0.6 is 33.9 Å². The minimum absolute atomic E-state index is 0.546. The molecule has 0 aliphatic carbocycles. The lowest BCUT2D eigenvalue weighted by Gasteiger charge is -2.06. The third-order valence-corrected chi connectivity index (χ3v) is 4.00. The zero-order valence-electron chi connectivity index (χ0n) is 8.77. The van der Waals surface area contributed by atoms with E-state index in [1.54, 1.807) is 6.20 Å². The summed E-state index contributed by atoms with van der Waals surface area (Å²) in [6.07, 6.45) is 3.71. The lowest BCUT2D eigenvalue weighted by molar-refractivity contribution is 0.869. The third kappa shape index (κ3) is 2.32. The number of nitrogens with zero attached hydrogens (tertiary/aromatic N) is 3. The highest BCUT2D eigenvalue weighted by Gasteiger charge is 2.12. The highest BCUT2D eigenvalue weighted by atomic mass is 127. The fourth-order valence-corrected chi connectivity index (χ4v) is 2.42. The molecule has 0 bridgehead atoms. The van der Waals surface area contributed by atoms with Gasteiger partial charge in [0.05, 0.1) is 9.26 Å². The van der Waals surface area contributed by atoms with Crippen molar-refractivity contribution >= 4 is 39.7 Å². The number of thiazole rings is 1. The lowest BCUT2D eigenvalue weighted by atomic mass is 10.2.